The summed E-state index contributed by atoms with van der Waals surface area (Å²) in [4.78, 5) is 12.8. The first-order chi connectivity index (χ1) is 13.6. The van der Waals surface area contributed by atoms with Gasteiger partial charge in [0.25, 0.3) is 0 Å². The molecular weight excluding hydrogens is 352 g/mol. The maximum Gasteiger partial charge on any atom is 0.191 e. The van der Waals surface area contributed by atoms with Crippen LogP contribution >= 0.6 is 0 Å². The summed E-state index contributed by atoms with van der Waals surface area (Å²) in [5.41, 5.74) is 3.41. The van der Waals surface area contributed by atoms with Crippen molar-refractivity contribution < 1.29 is 0 Å². The Bertz CT molecular complexity index is 929. The Morgan fingerprint density at radius 2 is 1.93 bits per heavy atom. The monoisotopic (exact) mass is 380 g/mol. The van der Waals surface area contributed by atoms with Crippen LogP contribution in [0.1, 0.15) is 24.0 Å². The summed E-state index contributed by atoms with van der Waals surface area (Å²) >= 11 is 0. The van der Waals surface area contributed by atoms with E-state index >= 15 is 0 Å². The van der Waals surface area contributed by atoms with Gasteiger partial charge in [-0.05, 0) is 18.4 Å². The molecule has 0 aliphatic carbocycles. The lowest BCUT2D eigenvalue weighted by atomic mass is 10.0. The molecule has 0 spiro atoms. The number of hydrogen-bond donors (Lipinski definition) is 3. The summed E-state index contributed by atoms with van der Waals surface area (Å²) < 4.78 is 1.74. The third-order valence-corrected chi connectivity index (χ3v) is 4.69. The number of hydrogen-bond acceptors (Lipinski definition) is 5. The summed E-state index contributed by atoms with van der Waals surface area (Å²) in [6, 6.07) is 8.67. The minimum Gasteiger partial charge on any atom is -0.368 e. The second kappa shape index (κ2) is 9.16. The summed E-state index contributed by atoms with van der Waals surface area (Å²) in [6.45, 7) is 6.55. The zero-order valence-electron chi connectivity index (χ0n) is 16.9. The van der Waals surface area contributed by atoms with E-state index in [1.165, 1.54) is 11.1 Å². The molecule has 0 aliphatic heterocycles. The SMILES string of the molecule is CN=C(NCCNc1ncnc2c1cnn2C)NCC(C)c1ccc(C)cc1. The lowest BCUT2D eigenvalue weighted by Gasteiger charge is -2.17. The van der Waals surface area contributed by atoms with Gasteiger partial charge in [-0.3, -0.25) is 9.67 Å². The van der Waals surface area contributed by atoms with Crippen molar-refractivity contribution in [3.05, 3.63) is 47.9 Å². The molecule has 0 amide bonds. The van der Waals surface area contributed by atoms with E-state index in [-0.39, 0.29) is 0 Å². The van der Waals surface area contributed by atoms with Crippen LogP contribution in [-0.4, -0.2) is 52.4 Å². The van der Waals surface area contributed by atoms with E-state index in [1.54, 1.807) is 24.3 Å². The third-order valence-electron chi connectivity index (χ3n) is 4.69. The van der Waals surface area contributed by atoms with Gasteiger partial charge in [0, 0.05) is 33.7 Å². The number of aromatic nitrogens is 4. The topological polar surface area (TPSA) is 92.1 Å². The van der Waals surface area contributed by atoms with Crippen LogP contribution < -0.4 is 16.0 Å². The molecule has 0 aliphatic rings. The van der Waals surface area contributed by atoms with Crippen molar-refractivity contribution in [1.82, 2.24) is 30.4 Å². The van der Waals surface area contributed by atoms with Gasteiger partial charge in [0.2, 0.25) is 0 Å². The molecule has 3 aromatic rings. The van der Waals surface area contributed by atoms with Gasteiger partial charge in [0.1, 0.15) is 12.1 Å². The molecule has 0 fully saturated rings. The molecule has 1 aromatic carbocycles. The van der Waals surface area contributed by atoms with Crippen molar-refractivity contribution in [3.8, 4) is 0 Å². The Kier molecular flexibility index (Phi) is 6.41. The predicted molar refractivity (Wildman–Crippen MR) is 114 cm³/mol. The van der Waals surface area contributed by atoms with Crippen molar-refractivity contribution in [1.29, 1.82) is 0 Å². The van der Waals surface area contributed by atoms with Crippen molar-refractivity contribution >= 4 is 22.8 Å². The summed E-state index contributed by atoms with van der Waals surface area (Å²) in [7, 11) is 3.65. The number of guanidine groups is 1. The van der Waals surface area contributed by atoms with Gasteiger partial charge >= 0.3 is 0 Å². The summed E-state index contributed by atoms with van der Waals surface area (Å²) in [5.74, 6) is 1.97. The molecule has 8 heteroatoms. The van der Waals surface area contributed by atoms with E-state index in [4.69, 9.17) is 0 Å². The number of aliphatic imine (C=N–C) groups is 1. The predicted octanol–water partition coefficient (Wildman–Crippen LogP) is 2.05. The Hall–Kier alpha value is -3.16. The van der Waals surface area contributed by atoms with Gasteiger partial charge in [-0.25, -0.2) is 9.97 Å². The van der Waals surface area contributed by atoms with Crippen LogP contribution in [0.15, 0.2) is 41.8 Å². The number of anilines is 1. The van der Waals surface area contributed by atoms with Gasteiger partial charge in [-0.1, -0.05) is 36.8 Å². The molecule has 0 bridgehead atoms. The third kappa shape index (κ3) is 4.76. The van der Waals surface area contributed by atoms with Crippen LogP contribution in [0.5, 0.6) is 0 Å². The van der Waals surface area contributed by atoms with E-state index in [0.717, 1.165) is 29.4 Å². The van der Waals surface area contributed by atoms with Gasteiger partial charge in [0.05, 0.1) is 11.6 Å². The molecule has 2 aromatic heterocycles. The van der Waals surface area contributed by atoms with Gasteiger partial charge in [0.15, 0.2) is 11.6 Å². The first-order valence-electron chi connectivity index (χ1n) is 9.46. The zero-order valence-corrected chi connectivity index (χ0v) is 16.9. The lowest BCUT2D eigenvalue weighted by Crippen LogP contribution is -2.41. The van der Waals surface area contributed by atoms with Crippen LogP contribution in [0, 0.1) is 6.92 Å². The van der Waals surface area contributed by atoms with E-state index in [2.05, 4.69) is 74.1 Å². The highest BCUT2D eigenvalue weighted by Crippen LogP contribution is 2.17. The first kappa shape index (κ1) is 19.6. The molecular formula is C20H28N8. The fourth-order valence-electron chi connectivity index (χ4n) is 2.95. The molecule has 28 heavy (non-hydrogen) atoms. The number of benzene rings is 1. The summed E-state index contributed by atoms with van der Waals surface area (Å²) in [6.07, 6.45) is 3.32. The maximum atomic E-state index is 4.31. The number of nitrogens with zero attached hydrogens (tertiary/aromatic N) is 5. The van der Waals surface area contributed by atoms with Gasteiger partial charge < -0.3 is 16.0 Å². The number of rotatable bonds is 7. The smallest absolute Gasteiger partial charge is 0.191 e. The van der Waals surface area contributed by atoms with Crippen molar-refractivity contribution in [2.45, 2.75) is 19.8 Å². The van der Waals surface area contributed by atoms with Crippen molar-refractivity contribution in [3.63, 3.8) is 0 Å². The van der Waals surface area contributed by atoms with Crippen LogP contribution in [-0.2, 0) is 7.05 Å². The highest BCUT2D eigenvalue weighted by atomic mass is 15.3. The zero-order chi connectivity index (χ0) is 19.9. The molecule has 0 radical (unpaired) electrons. The highest BCUT2D eigenvalue weighted by Gasteiger charge is 2.08. The van der Waals surface area contributed by atoms with Crippen molar-refractivity contribution in [2.75, 3.05) is 32.0 Å². The molecule has 3 N–H and O–H groups in total. The Morgan fingerprint density at radius 3 is 2.68 bits per heavy atom. The highest BCUT2D eigenvalue weighted by molar-refractivity contribution is 5.86. The Balaban J connectivity index is 1.44. The quantitative estimate of drug-likeness (QED) is 0.330. The fraction of sp³-hybridized carbons (Fsp3) is 0.400. The molecule has 3 rings (SSSR count). The lowest BCUT2D eigenvalue weighted by molar-refractivity contribution is 0.700. The van der Waals surface area contributed by atoms with Crippen LogP contribution in [0.4, 0.5) is 5.82 Å². The minimum atomic E-state index is 0.400. The van der Waals surface area contributed by atoms with Crippen LogP contribution in [0.2, 0.25) is 0 Å². The summed E-state index contributed by atoms with van der Waals surface area (Å²) in [5, 5.41) is 15.2. The van der Waals surface area contributed by atoms with Crippen LogP contribution in [0.25, 0.3) is 11.0 Å². The molecule has 2 heterocycles. The Labute approximate surface area is 165 Å². The number of nitrogens with one attached hydrogen (secondary N) is 3. The largest absolute Gasteiger partial charge is 0.368 e. The fourth-order valence-corrected chi connectivity index (χ4v) is 2.95. The average molecular weight is 381 g/mol. The second-order valence-electron chi connectivity index (χ2n) is 6.85. The maximum absolute atomic E-state index is 4.31. The molecule has 1 atom stereocenters. The molecule has 0 saturated carbocycles. The van der Waals surface area contributed by atoms with Crippen molar-refractivity contribution in [2.24, 2.45) is 12.0 Å². The molecule has 8 nitrogen and oxygen atoms in total. The Morgan fingerprint density at radius 1 is 1.14 bits per heavy atom. The number of aryl methyl sites for hydroxylation is 2. The normalized spacial score (nSPS) is 12.8. The number of fused-ring (bicyclic) bond motifs is 1. The first-order valence-corrected chi connectivity index (χ1v) is 9.46. The van der Waals surface area contributed by atoms with E-state index in [0.29, 0.717) is 19.0 Å². The molecule has 148 valence electrons. The van der Waals surface area contributed by atoms with E-state index in [1.807, 2.05) is 7.05 Å². The van der Waals surface area contributed by atoms with Gasteiger partial charge in [-0.15, -0.1) is 0 Å². The van der Waals surface area contributed by atoms with E-state index < -0.39 is 0 Å². The standard InChI is InChI=1S/C20H28N8/c1-14-5-7-16(8-6-14)15(2)11-24-20(21-3)23-10-9-22-18-17-12-27-28(4)19(17)26-13-25-18/h5-8,12-13,15H,9-11H2,1-4H3,(H2,21,23,24)(H,22,25,26). The van der Waals surface area contributed by atoms with Gasteiger partial charge in [-0.2, -0.15) is 5.10 Å². The minimum absolute atomic E-state index is 0.400. The van der Waals surface area contributed by atoms with E-state index in [9.17, 15) is 0 Å². The molecule has 1 unspecified atom stereocenters. The second-order valence-corrected chi connectivity index (χ2v) is 6.85. The average Bonchev–Trinajstić information content (AvgIpc) is 3.09. The molecule has 0 saturated heterocycles. The van der Waals surface area contributed by atoms with Crippen LogP contribution in [0.3, 0.4) is 0 Å².